The molecule has 6 nitrogen and oxygen atoms in total. The molecule has 0 aliphatic heterocycles. The van der Waals surface area contributed by atoms with Crippen molar-refractivity contribution >= 4 is 40.3 Å². The Hall–Kier alpha value is -2.90. The number of hydrogen-bond donors (Lipinski definition) is 1. The van der Waals surface area contributed by atoms with Crippen LogP contribution in [0.2, 0.25) is 0 Å². The number of nitrogens with one attached hydrogen (secondary N) is 1. The maximum Gasteiger partial charge on any atom is 0.306 e. The topological polar surface area (TPSA) is 60.0 Å². The second-order valence-electron chi connectivity index (χ2n) is 6.58. The molecule has 158 valence electrons. The summed E-state index contributed by atoms with van der Waals surface area (Å²) in [5, 5.41) is 2.12. The van der Waals surface area contributed by atoms with Crippen molar-refractivity contribution in [3.05, 3.63) is 66.2 Å². The normalized spacial score (nSPS) is 10.6. The van der Waals surface area contributed by atoms with E-state index in [1.54, 1.807) is 7.11 Å². The van der Waals surface area contributed by atoms with Crippen LogP contribution in [0, 0.1) is 0 Å². The number of esters is 1. The van der Waals surface area contributed by atoms with Crippen molar-refractivity contribution in [2.45, 2.75) is 19.8 Å². The Morgan fingerprint density at radius 3 is 2.47 bits per heavy atom. The molecule has 0 amide bonds. The van der Waals surface area contributed by atoms with E-state index < -0.39 is 0 Å². The number of nitrogens with zero attached hydrogens (tertiary/aromatic N) is 1. The minimum absolute atomic E-state index is 0.176. The quantitative estimate of drug-likeness (QED) is 0.202. The molecule has 0 aromatic heterocycles. The summed E-state index contributed by atoms with van der Waals surface area (Å²) < 4.78 is 17.8. The van der Waals surface area contributed by atoms with Crippen molar-refractivity contribution in [2.24, 2.45) is 0 Å². The lowest BCUT2D eigenvalue weighted by Crippen LogP contribution is -2.09. The average molecular weight is 427 g/mol. The molecule has 0 fully saturated rings. The maximum atomic E-state index is 11.7. The standard InChI is InChI=1S/C23H26N2O4S/c1-4-28-23(26)16-10-17-9-15-22(21-8-6-5-7-20(17)21)24-29-30-25(2)18-11-13-19(27-3)14-12-18/h5-9,11-15,24H,4,10,16H2,1-3H3. The van der Waals surface area contributed by atoms with E-state index in [-0.39, 0.29) is 5.97 Å². The lowest BCUT2D eigenvalue weighted by Gasteiger charge is -2.18. The van der Waals surface area contributed by atoms with Crippen molar-refractivity contribution in [2.75, 3.05) is 30.5 Å². The van der Waals surface area contributed by atoms with Gasteiger partial charge in [-0.3, -0.25) is 14.6 Å². The monoisotopic (exact) mass is 426 g/mol. The van der Waals surface area contributed by atoms with Crippen LogP contribution in [0.3, 0.4) is 0 Å². The fourth-order valence-electron chi connectivity index (χ4n) is 3.09. The highest BCUT2D eigenvalue weighted by molar-refractivity contribution is 7.96. The van der Waals surface area contributed by atoms with Crippen molar-refractivity contribution in [1.29, 1.82) is 0 Å². The van der Waals surface area contributed by atoms with Crippen LogP contribution >= 0.6 is 12.2 Å². The molecule has 0 bridgehead atoms. The lowest BCUT2D eigenvalue weighted by atomic mass is 9.99. The Morgan fingerprint density at radius 1 is 1.03 bits per heavy atom. The van der Waals surface area contributed by atoms with Gasteiger partial charge in [0, 0.05) is 24.5 Å². The molecular formula is C23H26N2O4S. The van der Waals surface area contributed by atoms with Crippen LogP contribution in [0.25, 0.3) is 10.8 Å². The van der Waals surface area contributed by atoms with E-state index in [9.17, 15) is 4.79 Å². The van der Waals surface area contributed by atoms with Gasteiger partial charge in [0.15, 0.2) is 0 Å². The van der Waals surface area contributed by atoms with Gasteiger partial charge < -0.3 is 9.47 Å². The van der Waals surface area contributed by atoms with E-state index in [2.05, 4.69) is 11.5 Å². The number of carbonyl (C=O) groups excluding carboxylic acids is 1. The van der Waals surface area contributed by atoms with E-state index >= 15 is 0 Å². The van der Waals surface area contributed by atoms with Gasteiger partial charge >= 0.3 is 5.97 Å². The van der Waals surface area contributed by atoms with E-state index in [4.69, 9.17) is 13.8 Å². The first-order chi connectivity index (χ1) is 14.6. The first-order valence-corrected chi connectivity index (χ1v) is 10.5. The summed E-state index contributed by atoms with van der Waals surface area (Å²) in [7, 11) is 3.57. The van der Waals surface area contributed by atoms with Crippen molar-refractivity contribution in [3.63, 3.8) is 0 Å². The molecule has 0 heterocycles. The molecule has 0 aliphatic rings. The largest absolute Gasteiger partial charge is 0.497 e. The molecular weight excluding hydrogens is 400 g/mol. The molecule has 0 radical (unpaired) electrons. The number of benzene rings is 3. The van der Waals surface area contributed by atoms with Gasteiger partial charge in [-0.25, -0.2) is 0 Å². The molecule has 3 aromatic carbocycles. The van der Waals surface area contributed by atoms with Gasteiger partial charge in [-0.05, 0) is 54.6 Å². The lowest BCUT2D eigenvalue weighted by molar-refractivity contribution is -0.143. The van der Waals surface area contributed by atoms with Gasteiger partial charge in [-0.1, -0.05) is 30.3 Å². The summed E-state index contributed by atoms with van der Waals surface area (Å²) in [4.78, 5) is 11.7. The van der Waals surface area contributed by atoms with Crippen LogP contribution in [0.1, 0.15) is 18.9 Å². The molecule has 0 saturated heterocycles. The third-order valence-electron chi connectivity index (χ3n) is 4.65. The minimum Gasteiger partial charge on any atom is -0.497 e. The van der Waals surface area contributed by atoms with Gasteiger partial charge in [0.25, 0.3) is 0 Å². The van der Waals surface area contributed by atoms with Gasteiger partial charge in [0.2, 0.25) is 0 Å². The number of rotatable bonds is 10. The van der Waals surface area contributed by atoms with E-state index in [1.165, 1.54) is 12.2 Å². The fourth-order valence-corrected chi connectivity index (χ4v) is 3.54. The van der Waals surface area contributed by atoms with Crippen LogP contribution in [0.4, 0.5) is 11.4 Å². The minimum atomic E-state index is -0.176. The predicted octanol–water partition coefficient (Wildman–Crippen LogP) is 5.39. The van der Waals surface area contributed by atoms with Crippen LogP contribution in [0.5, 0.6) is 5.75 Å². The number of anilines is 2. The van der Waals surface area contributed by atoms with Crippen molar-refractivity contribution in [3.8, 4) is 5.75 Å². The average Bonchev–Trinajstić information content (AvgIpc) is 2.78. The van der Waals surface area contributed by atoms with Crippen LogP contribution < -0.4 is 14.5 Å². The Bertz CT molecular complexity index is 979. The summed E-state index contributed by atoms with van der Waals surface area (Å²) in [5.74, 6) is 0.635. The highest BCUT2D eigenvalue weighted by Gasteiger charge is 2.10. The predicted molar refractivity (Wildman–Crippen MR) is 123 cm³/mol. The zero-order valence-corrected chi connectivity index (χ0v) is 18.2. The molecule has 0 saturated carbocycles. The molecule has 3 aromatic rings. The van der Waals surface area contributed by atoms with E-state index in [1.807, 2.05) is 72.9 Å². The second-order valence-corrected chi connectivity index (χ2v) is 7.44. The molecule has 1 N–H and O–H groups in total. The Balaban J connectivity index is 1.64. The highest BCUT2D eigenvalue weighted by Crippen LogP contribution is 2.29. The third kappa shape index (κ3) is 5.58. The number of ether oxygens (including phenoxy) is 2. The van der Waals surface area contributed by atoms with Crippen LogP contribution in [-0.2, 0) is 20.2 Å². The molecule has 0 spiro atoms. The molecule has 30 heavy (non-hydrogen) atoms. The Kier molecular flexibility index (Phi) is 7.82. The van der Waals surface area contributed by atoms with Crippen LogP contribution in [-0.4, -0.2) is 26.7 Å². The maximum absolute atomic E-state index is 11.7. The number of aryl methyl sites for hydroxylation is 1. The number of fused-ring (bicyclic) bond motifs is 1. The van der Waals surface area contributed by atoms with Gasteiger partial charge in [0.1, 0.15) is 18.0 Å². The third-order valence-corrected chi connectivity index (χ3v) is 5.25. The van der Waals surface area contributed by atoms with Crippen molar-refractivity contribution < 1.29 is 18.6 Å². The second kappa shape index (κ2) is 10.8. The Morgan fingerprint density at radius 2 is 1.77 bits per heavy atom. The van der Waals surface area contributed by atoms with Gasteiger partial charge in [0.05, 0.1) is 19.4 Å². The smallest absolute Gasteiger partial charge is 0.306 e. The zero-order valence-electron chi connectivity index (χ0n) is 17.4. The first kappa shape index (κ1) is 21.8. The number of methoxy groups -OCH3 is 1. The molecule has 0 atom stereocenters. The summed E-state index contributed by atoms with van der Waals surface area (Å²) in [6, 6.07) is 19.8. The van der Waals surface area contributed by atoms with Gasteiger partial charge in [-0.2, -0.15) is 4.28 Å². The van der Waals surface area contributed by atoms with Crippen LogP contribution in [0.15, 0.2) is 60.7 Å². The van der Waals surface area contributed by atoms with Gasteiger partial charge in [-0.15, -0.1) is 0 Å². The number of carbonyl (C=O) groups is 1. The van der Waals surface area contributed by atoms with E-state index in [0.717, 1.165) is 33.5 Å². The first-order valence-electron chi connectivity index (χ1n) is 9.76. The molecule has 0 unspecified atom stereocenters. The zero-order chi connectivity index (χ0) is 21.3. The molecule has 3 rings (SSSR count). The fraction of sp³-hybridized carbons (Fsp3) is 0.261. The molecule has 0 aliphatic carbocycles. The van der Waals surface area contributed by atoms with Crippen molar-refractivity contribution in [1.82, 2.24) is 0 Å². The Labute approximate surface area is 181 Å². The summed E-state index contributed by atoms with van der Waals surface area (Å²) in [6.45, 7) is 2.22. The highest BCUT2D eigenvalue weighted by atomic mass is 32.2. The summed E-state index contributed by atoms with van der Waals surface area (Å²) in [6.07, 6.45) is 0.999. The summed E-state index contributed by atoms with van der Waals surface area (Å²) in [5.41, 5.74) is 5.98. The molecule has 7 heteroatoms. The SMILES string of the molecule is CCOC(=O)CCc1ccc(NOSN(C)c2ccc(OC)cc2)c2ccccc12. The number of hydrogen-bond acceptors (Lipinski definition) is 7. The summed E-state index contributed by atoms with van der Waals surface area (Å²) >= 11 is 1.19. The van der Waals surface area contributed by atoms with E-state index in [0.29, 0.717) is 19.4 Å².